The van der Waals surface area contributed by atoms with Crippen molar-refractivity contribution in [3.8, 4) is 0 Å². The van der Waals surface area contributed by atoms with Crippen molar-refractivity contribution >= 4 is 11.6 Å². The second-order valence-electron chi connectivity index (χ2n) is 4.94. The van der Waals surface area contributed by atoms with Gasteiger partial charge in [0.2, 0.25) is 0 Å². The molecule has 0 radical (unpaired) electrons. The summed E-state index contributed by atoms with van der Waals surface area (Å²) < 4.78 is 0. The topological polar surface area (TPSA) is 32.3 Å². The lowest BCUT2D eigenvalue weighted by Gasteiger charge is -2.26. The van der Waals surface area contributed by atoms with E-state index < -0.39 is 0 Å². The number of carbonyl (C=O) groups is 1. The van der Waals surface area contributed by atoms with E-state index in [1.54, 1.807) is 0 Å². The van der Waals surface area contributed by atoms with E-state index in [2.05, 4.69) is 11.9 Å². The highest BCUT2D eigenvalue weighted by Gasteiger charge is 2.18. The molecule has 3 heteroatoms. The first-order valence-corrected chi connectivity index (χ1v) is 7.05. The minimum atomic E-state index is 0.144. The van der Waals surface area contributed by atoms with E-state index in [-0.39, 0.29) is 5.91 Å². The molecule has 1 aromatic rings. The van der Waals surface area contributed by atoms with Crippen LogP contribution < -0.4 is 5.32 Å². The second-order valence-corrected chi connectivity index (χ2v) is 4.94. The summed E-state index contributed by atoms with van der Waals surface area (Å²) in [5, 5.41) is 3.19. The number of likely N-dealkylation sites (tertiary alicyclic amines) is 1. The molecule has 1 heterocycles. The monoisotopic (exact) mass is 258 g/mol. The summed E-state index contributed by atoms with van der Waals surface area (Å²) in [4.78, 5) is 14.4. The molecule has 19 heavy (non-hydrogen) atoms. The van der Waals surface area contributed by atoms with Crippen LogP contribution in [-0.2, 0) is 0 Å². The number of piperidine rings is 1. The van der Waals surface area contributed by atoms with Crippen LogP contribution in [0.4, 0.5) is 0 Å². The zero-order chi connectivity index (χ0) is 13.7. The van der Waals surface area contributed by atoms with Crippen molar-refractivity contribution < 1.29 is 4.79 Å². The van der Waals surface area contributed by atoms with Gasteiger partial charge in [0.05, 0.1) is 0 Å². The summed E-state index contributed by atoms with van der Waals surface area (Å²) in [7, 11) is 0. The van der Waals surface area contributed by atoms with Gasteiger partial charge in [-0.2, -0.15) is 0 Å². The van der Waals surface area contributed by atoms with Gasteiger partial charge in [0.1, 0.15) is 0 Å². The number of hydrogen-bond donors (Lipinski definition) is 1. The maximum absolute atomic E-state index is 12.4. The van der Waals surface area contributed by atoms with Crippen LogP contribution in [0, 0.1) is 0 Å². The van der Waals surface area contributed by atoms with E-state index in [9.17, 15) is 4.79 Å². The summed E-state index contributed by atoms with van der Waals surface area (Å²) in [6.07, 6.45) is 3.48. The summed E-state index contributed by atoms with van der Waals surface area (Å²) in [6, 6.07) is 7.73. The van der Waals surface area contributed by atoms with E-state index >= 15 is 0 Å². The SMILES string of the molecule is C=C(NCC)c1cccc(C(=O)N2CCCCC2)c1. The van der Waals surface area contributed by atoms with Crippen LogP contribution in [0.2, 0.25) is 0 Å². The molecule has 2 rings (SSSR count). The van der Waals surface area contributed by atoms with Gasteiger partial charge in [-0.05, 0) is 43.9 Å². The molecule has 1 saturated heterocycles. The highest BCUT2D eigenvalue weighted by atomic mass is 16.2. The van der Waals surface area contributed by atoms with E-state index in [0.717, 1.165) is 49.3 Å². The quantitative estimate of drug-likeness (QED) is 0.900. The van der Waals surface area contributed by atoms with Crippen LogP contribution in [0.15, 0.2) is 30.8 Å². The molecule has 0 bridgehead atoms. The minimum absolute atomic E-state index is 0.144. The van der Waals surface area contributed by atoms with Gasteiger partial charge in [0.15, 0.2) is 0 Å². The maximum Gasteiger partial charge on any atom is 0.253 e. The van der Waals surface area contributed by atoms with E-state index in [1.165, 1.54) is 6.42 Å². The van der Waals surface area contributed by atoms with Crippen molar-refractivity contribution in [2.75, 3.05) is 19.6 Å². The van der Waals surface area contributed by atoms with Crippen molar-refractivity contribution in [2.24, 2.45) is 0 Å². The average Bonchev–Trinajstić information content (AvgIpc) is 2.48. The highest BCUT2D eigenvalue weighted by Crippen LogP contribution is 2.16. The van der Waals surface area contributed by atoms with Gasteiger partial charge in [-0.15, -0.1) is 0 Å². The molecule has 0 aliphatic carbocycles. The minimum Gasteiger partial charge on any atom is -0.385 e. The van der Waals surface area contributed by atoms with Gasteiger partial charge < -0.3 is 10.2 Å². The average molecular weight is 258 g/mol. The third-order valence-electron chi connectivity index (χ3n) is 3.49. The zero-order valence-corrected chi connectivity index (χ0v) is 11.6. The summed E-state index contributed by atoms with van der Waals surface area (Å²) in [6.45, 7) is 8.64. The molecule has 102 valence electrons. The number of rotatable bonds is 4. The van der Waals surface area contributed by atoms with Crippen LogP contribution >= 0.6 is 0 Å². The third kappa shape index (κ3) is 3.37. The molecule has 0 aromatic heterocycles. The fraction of sp³-hybridized carbons (Fsp3) is 0.438. The fourth-order valence-corrected chi connectivity index (χ4v) is 2.43. The zero-order valence-electron chi connectivity index (χ0n) is 11.6. The van der Waals surface area contributed by atoms with Gasteiger partial charge in [0, 0.05) is 30.9 Å². The predicted molar refractivity (Wildman–Crippen MR) is 78.9 cm³/mol. The molecule has 1 N–H and O–H groups in total. The van der Waals surface area contributed by atoms with Crippen LogP contribution in [-0.4, -0.2) is 30.4 Å². The molecular weight excluding hydrogens is 236 g/mol. The first kappa shape index (κ1) is 13.7. The molecule has 1 fully saturated rings. The van der Waals surface area contributed by atoms with Gasteiger partial charge in [-0.1, -0.05) is 18.7 Å². The predicted octanol–water partition coefficient (Wildman–Crippen LogP) is 2.89. The van der Waals surface area contributed by atoms with Crippen LogP contribution in [0.1, 0.15) is 42.1 Å². The first-order chi connectivity index (χ1) is 9.22. The Bertz CT molecular complexity index is 462. The highest BCUT2D eigenvalue weighted by molar-refractivity contribution is 5.95. The van der Waals surface area contributed by atoms with Crippen molar-refractivity contribution in [1.29, 1.82) is 0 Å². The lowest BCUT2D eigenvalue weighted by atomic mass is 10.1. The van der Waals surface area contributed by atoms with Crippen LogP contribution in [0.25, 0.3) is 5.70 Å². The Balaban J connectivity index is 2.13. The molecule has 1 amide bonds. The number of amides is 1. The molecule has 0 atom stereocenters. The largest absolute Gasteiger partial charge is 0.385 e. The lowest BCUT2D eigenvalue weighted by molar-refractivity contribution is 0.0724. The Hall–Kier alpha value is -1.77. The van der Waals surface area contributed by atoms with E-state index in [1.807, 2.05) is 36.1 Å². The second kappa shape index (κ2) is 6.41. The van der Waals surface area contributed by atoms with Gasteiger partial charge in [-0.25, -0.2) is 0 Å². The maximum atomic E-state index is 12.4. The van der Waals surface area contributed by atoms with Crippen molar-refractivity contribution in [3.63, 3.8) is 0 Å². The number of carbonyl (C=O) groups excluding carboxylic acids is 1. The number of benzene rings is 1. The first-order valence-electron chi connectivity index (χ1n) is 7.05. The summed E-state index contributed by atoms with van der Waals surface area (Å²) >= 11 is 0. The van der Waals surface area contributed by atoms with Gasteiger partial charge >= 0.3 is 0 Å². The third-order valence-corrected chi connectivity index (χ3v) is 3.49. The van der Waals surface area contributed by atoms with E-state index in [0.29, 0.717) is 0 Å². The van der Waals surface area contributed by atoms with Crippen molar-refractivity contribution in [1.82, 2.24) is 10.2 Å². The molecule has 0 spiro atoms. The van der Waals surface area contributed by atoms with Crippen LogP contribution in [0.5, 0.6) is 0 Å². The Morgan fingerprint density at radius 2 is 1.95 bits per heavy atom. The molecular formula is C16H22N2O. The number of nitrogens with one attached hydrogen (secondary N) is 1. The molecule has 0 saturated carbocycles. The van der Waals surface area contributed by atoms with Crippen LogP contribution in [0.3, 0.4) is 0 Å². The van der Waals surface area contributed by atoms with Gasteiger partial charge in [-0.3, -0.25) is 4.79 Å². The van der Waals surface area contributed by atoms with Gasteiger partial charge in [0.25, 0.3) is 5.91 Å². The fourth-order valence-electron chi connectivity index (χ4n) is 2.43. The molecule has 1 aliphatic rings. The van der Waals surface area contributed by atoms with Crippen molar-refractivity contribution in [2.45, 2.75) is 26.2 Å². The normalized spacial score (nSPS) is 15.1. The Kier molecular flexibility index (Phi) is 4.61. The Labute approximate surface area is 115 Å². The number of hydrogen-bond acceptors (Lipinski definition) is 2. The molecule has 1 aromatic carbocycles. The summed E-state index contributed by atoms with van der Waals surface area (Å²) in [5.74, 6) is 0.144. The van der Waals surface area contributed by atoms with Crippen molar-refractivity contribution in [3.05, 3.63) is 42.0 Å². The lowest BCUT2D eigenvalue weighted by Crippen LogP contribution is -2.35. The Morgan fingerprint density at radius 3 is 2.63 bits per heavy atom. The molecule has 3 nitrogen and oxygen atoms in total. The Morgan fingerprint density at radius 1 is 1.26 bits per heavy atom. The summed E-state index contributed by atoms with van der Waals surface area (Å²) in [5.41, 5.74) is 2.62. The standard InChI is InChI=1S/C16H22N2O/c1-3-17-13(2)14-8-7-9-15(12-14)16(19)18-10-5-4-6-11-18/h7-9,12,17H,2-6,10-11H2,1H3. The smallest absolute Gasteiger partial charge is 0.253 e. The number of nitrogens with zero attached hydrogens (tertiary/aromatic N) is 1. The molecule has 1 aliphatic heterocycles. The van der Waals surface area contributed by atoms with E-state index in [4.69, 9.17) is 0 Å². The molecule has 0 unspecified atom stereocenters.